The summed E-state index contributed by atoms with van der Waals surface area (Å²) in [6, 6.07) is 18.4. The molecule has 2 aromatic carbocycles. The van der Waals surface area contributed by atoms with Gasteiger partial charge in [0.05, 0.1) is 11.4 Å². The number of hydrogen-bond donors (Lipinski definition) is 1. The molecule has 0 fully saturated rings. The maximum Gasteiger partial charge on any atom is 0.273 e. The molecule has 0 radical (unpaired) electrons. The van der Waals surface area contributed by atoms with Gasteiger partial charge >= 0.3 is 0 Å². The Labute approximate surface area is 139 Å². The van der Waals surface area contributed by atoms with Crippen molar-refractivity contribution in [2.75, 3.05) is 5.32 Å². The van der Waals surface area contributed by atoms with Crippen molar-refractivity contribution in [1.29, 1.82) is 0 Å². The number of aromatic nitrogens is 2. The van der Waals surface area contributed by atoms with E-state index in [2.05, 4.69) is 20.6 Å². The Kier molecular flexibility index (Phi) is 4.76. The van der Waals surface area contributed by atoms with Crippen LogP contribution in [0, 0.1) is 0 Å². The maximum absolute atomic E-state index is 12.2. The molecule has 6 heteroatoms. The Hall–Kier alpha value is -3.28. The van der Waals surface area contributed by atoms with Crippen molar-refractivity contribution in [1.82, 2.24) is 9.78 Å². The first-order valence-corrected chi connectivity index (χ1v) is 7.66. The van der Waals surface area contributed by atoms with Crippen molar-refractivity contribution < 1.29 is 4.79 Å². The number of nitrogens with one attached hydrogen (secondary N) is 1. The van der Waals surface area contributed by atoms with Crippen LogP contribution in [0.4, 0.5) is 17.1 Å². The van der Waals surface area contributed by atoms with E-state index in [0.29, 0.717) is 17.9 Å². The van der Waals surface area contributed by atoms with Gasteiger partial charge in [0.2, 0.25) is 0 Å². The average Bonchev–Trinajstić information content (AvgIpc) is 3.11. The van der Waals surface area contributed by atoms with Crippen LogP contribution in [0.15, 0.2) is 77.1 Å². The predicted octanol–water partition coefficient (Wildman–Crippen LogP) is 4.57. The number of rotatable bonds is 5. The molecule has 0 saturated carbocycles. The van der Waals surface area contributed by atoms with E-state index in [1.54, 1.807) is 41.2 Å². The summed E-state index contributed by atoms with van der Waals surface area (Å²) in [5.41, 5.74) is 2.74. The first-order valence-electron chi connectivity index (χ1n) is 7.66. The zero-order valence-corrected chi connectivity index (χ0v) is 13.3. The second-order valence-electron chi connectivity index (χ2n) is 5.07. The molecule has 3 aromatic rings. The number of amides is 1. The Bertz CT molecular complexity index is 837. The SMILES string of the molecule is CCn1nccc1C(=O)Nc1ccc(N=Nc2ccccc2)cc1. The van der Waals surface area contributed by atoms with Crippen molar-refractivity contribution in [3.63, 3.8) is 0 Å². The summed E-state index contributed by atoms with van der Waals surface area (Å²) in [5, 5.41) is 15.3. The van der Waals surface area contributed by atoms with Gasteiger partial charge in [-0.3, -0.25) is 9.48 Å². The highest BCUT2D eigenvalue weighted by molar-refractivity contribution is 6.03. The summed E-state index contributed by atoms with van der Waals surface area (Å²) in [7, 11) is 0. The van der Waals surface area contributed by atoms with Gasteiger partial charge < -0.3 is 5.32 Å². The molecule has 120 valence electrons. The first kappa shape index (κ1) is 15.6. The fourth-order valence-electron chi connectivity index (χ4n) is 2.19. The Morgan fingerprint density at radius 2 is 1.67 bits per heavy atom. The zero-order valence-electron chi connectivity index (χ0n) is 13.3. The van der Waals surface area contributed by atoms with Gasteiger partial charge in [-0.25, -0.2) is 0 Å². The molecule has 0 atom stereocenters. The molecule has 0 aliphatic heterocycles. The molecular formula is C18H17N5O. The highest BCUT2D eigenvalue weighted by Crippen LogP contribution is 2.20. The Morgan fingerprint density at radius 3 is 2.33 bits per heavy atom. The van der Waals surface area contributed by atoms with Crippen LogP contribution in [-0.4, -0.2) is 15.7 Å². The summed E-state index contributed by atoms with van der Waals surface area (Å²) in [6.45, 7) is 2.59. The van der Waals surface area contributed by atoms with Gasteiger partial charge in [0.25, 0.3) is 5.91 Å². The molecule has 24 heavy (non-hydrogen) atoms. The van der Waals surface area contributed by atoms with Crippen LogP contribution in [0.3, 0.4) is 0 Å². The summed E-state index contributed by atoms with van der Waals surface area (Å²) >= 11 is 0. The minimum Gasteiger partial charge on any atom is -0.321 e. The van der Waals surface area contributed by atoms with E-state index in [1.807, 2.05) is 37.3 Å². The molecule has 0 saturated heterocycles. The van der Waals surface area contributed by atoms with E-state index in [4.69, 9.17) is 0 Å². The quantitative estimate of drug-likeness (QED) is 0.700. The van der Waals surface area contributed by atoms with Gasteiger partial charge in [-0.2, -0.15) is 15.3 Å². The van der Waals surface area contributed by atoms with Crippen LogP contribution in [0.2, 0.25) is 0 Å². The molecule has 1 N–H and O–H groups in total. The molecule has 1 heterocycles. The maximum atomic E-state index is 12.2. The first-order chi connectivity index (χ1) is 11.8. The predicted molar refractivity (Wildman–Crippen MR) is 92.9 cm³/mol. The molecule has 6 nitrogen and oxygen atoms in total. The lowest BCUT2D eigenvalue weighted by Crippen LogP contribution is -2.17. The number of hydrogen-bond acceptors (Lipinski definition) is 4. The number of aryl methyl sites for hydroxylation is 1. The van der Waals surface area contributed by atoms with Crippen LogP contribution in [0.1, 0.15) is 17.4 Å². The van der Waals surface area contributed by atoms with Gasteiger partial charge in [-0.1, -0.05) is 18.2 Å². The van der Waals surface area contributed by atoms with Gasteiger partial charge in [0.1, 0.15) is 5.69 Å². The van der Waals surface area contributed by atoms with E-state index in [-0.39, 0.29) is 5.91 Å². The van der Waals surface area contributed by atoms with Gasteiger partial charge in [-0.15, -0.1) is 0 Å². The van der Waals surface area contributed by atoms with E-state index >= 15 is 0 Å². The Balaban J connectivity index is 1.66. The monoisotopic (exact) mass is 319 g/mol. The summed E-state index contributed by atoms with van der Waals surface area (Å²) in [5.74, 6) is -0.187. The van der Waals surface area contributed by atoms with E-state index in [9.17, 15) is 4.79 Å². The lowest BCUT2D eigenvalue weighted by molar-refractivity contribution is 0.101. The van der Waals surface area contributed by atoms with Gasteiger partial charge in [-0.05, 0) is 49.4 Å². The van der Waals surface area contributed by atoms with Crippen molar-refractivity contribution >= 4 is 23.0 Å². The van der Waals surface area contributed by atoms with Crippen molar-refractivity contribution in [2.45, 2.75) is 13.5 Å². The number of nitrogens with zero attached hydrogens (tertiary/aromatic N) is 4. The average molecular weight is 319 g/mol. The number of anilines is 1. The lowest BCUT2D eigenvalue weighted by Gasteiger charge is -2.06. The smallest absolute Gasteiger partial charge is 0.273 e. The number of azo groups is 1. The zero-order chi connectivity index (χ0) is 16.8. The van der Waals surface area contributed by atoms with Crippen LogP contribution in [-0.2, 0) is 6.54 Å². The number of carbonyl (C=O) groups is 1. The molecule has 0 aliphatic rings. The van der Waals surface area contributed by atoms with E-state index in [1.165, 1.54) is 0 Å². The van der Waals surface area contributed by atoms with Crippen LogP contribution in [0.25, 0.3) is 0 Å². The molecule has 1 aromatic heterocycles. The third-order valence-electron chi connectivity index (χ3n) is 3.41. The highest BCUT2D eigenvalue weighted by atomic mass is 16.2. The van der Waals surface area contributed by atoms with Crippen molar-refractivity contribution in [2.24, 2.45) is 10.2 Å². The largest absolute Gasteiger partial charge is 0.321 e. The molecule has 0 unspecified atom stereocenters. The number of carbonyl (C=O) groups excluding carboxylic acids is 1. The van der Waals surface area contributed by atoms with Gasteiger partial charge in [0, 0.05) is 18.4 Å². The second-order valence-corrected chi connectivity index (χ2v) is 5.07. The van der Waals surface area contributed by atoms with Gasteiger partial charge in [0.15, 0.2) is 0 Å². The van der Waals surface area contributed by atoms with E-state index < -0.39 is 0 Å². The third-order valence-corrected chi connectivity index (χ3v) is 3.41. The van der Waals surface area contributed by atoms with Crippen LogP contribution >= 0.6 is 0 Å². The van der Waals surface area contributed by atoms with E-state index in [0.717, 1.165) is 11.4 Å². The molecule has 0 spiro atoms. The third kappa shape index (κ3) is 3.73. The highest BCUT2D eigenvalue weighted by Gasteiger charge is 2.11. The fraction of sp³-hybridized carbons (Fsp3) is 0.111. The minimum atomic E-state index is -0.187. The standard InChI is InChI=1S/C18H17N5O/c1-2-23-17(12-13-19-23)18(24)20-14-8-10-16(11-9-14)22-21-15-6-4-3-5-7-15/h3-13H,2H2,1H3,(H,20,24). The second kappa shape index (κ2) is 7.32. The lowest BCUT2D eigenvalue weighted by atomic mass is 10.2. The summed E-state index contributed by atoms with van der Waals surface area (Å²) in [6.07, 6.45) is 1.62. The molecular weight excluding hydrogens is 302 g/mol. The Morgan fingerprint density at radius 1 is 1.00 bits per heavy atom. The normalized spacial score (nSPS) is 10.9. The molecule has 3 rings (SSSR count). The van der Waals surface area contributed by atoms with Crippen molar-refractivity contribution in [3.8, 4) is 0 Å². The molecule has 1 amide bonds. The van der Waals surface area contributed by atoms with Crippen LogP contribution in [0.5, 0.6) is 0 Å². The van der Waals surface area contributed by atoms with Crippen LogP contribution < -0.4 is 5.32 Å². The molecule has 0 bridgehead atoms. The topological polar surface area (TPSA) is 71.6 Å². The number of benzene rings is 2. The summed E-state index contributed by atoms with van der Waals surface area (Å²) < 4.78 is 1.65. The minimum absolute atomic E-state index is 0.187. The fourth-order valence-corrected chi connectivity index (χ4v) is 2.19. The molecule has 0 aliphatic carbocycles. The van der Waals surface area contributed by atoms with Crippen molar-refractivity contribution in [3.05, 3.63) is 72.6 Å². The summed E-state index contributed by atoms with van der Waals surface area (Å²) in [4.78, 5) is 12.2.